The highest BCUT2D eigenvalue weighted by Crippen LogP contribution is 2.42. The van der Waals surface area contributed by atoms with Crippen LogP contribution in [0, 0.1) is 12.8 Å². The van der Waals surface area contributed by atoms with Gasteiger partial charge in [-0.15, -0.1) is 11.3 Å². The Morgan fingerprint density at radius 3 is 2.46 bits per heavy atom. The molecule has 0 unspecified atom stereocenters. The Kier molecular flexibility index (Phi) is 6.87. The second kappa shape index (κ2) is 10.1. The van der Waals surface area contributed by atoms with Crippen molar-refractivity contribution in [3.05, 3.63) is 70.1 Å². The number of ether oxygens (including phenoxy) is 1. The number of benzene rings is 2. The van der Waals surface area contributed by atoms with Crippen LogP contribution < -0.4 is 10.0 Å². The van der Waals surface area contributed by atoms with E-state index in [0.29, 0.717) is 33.1 Å². The summed E-state index contributed by atoms with van der Waals surface area (Å²) >= 11 is 1.49. The maximum Gasteiger partial charge on any atom is 0.341 e. The summed E-state index contributed by atoms with van der Waals surface area (Å²) < 4.78 is 34.7. The van der Waals surface area contributed by atoms with E-state index in [9.17, 15) is 13.2 Å². The SMILES string of the molecule is CCOC(=O)c1c(Nc2nc3ccccc3nc2NS(=O)(=O)c2ccccc2C)sc2c1CC[C@H](C)C2. The van der Waals surface area contributed by atoms with Crippen molar-refractivity contribution in [2.75, 3.05) is 16.6 Å². The maximum atomic E-state index is 13.3. The van der Waals surface area contributed by atoms with Gasteiger partial charge in [0.15, 0.2) is 11.6 Å². The van der Waals surface area contributed by atoms with Crippen LogP contribution in [0.3, 0.4) is 0 Å². The zero-order valence-corrected chi connectivity index (χ0v) is 22.5. The minimum absolute atomic E-state index is 0.0523. The maximum absolute atomic E-state index is 13.3. The van der Waals surface area contributed by atoms with Gasteiger partial charge in [-0.2, -0.15) is 0 Å². The topological polar surface area (TPSA) is 110 Å². The molecule has 2 heterocycles. The normalized spacial score (nSPS) is 15.3. The fourth-order valence-electron chi connectivity index (χ4n) is 4.56. The molecule has 1 aliphatic carbocycles. The fraction of sp³-hybridized carbons (Fsp3) is 0.296. The van der Waals surface area contributed by atoms with Crippen molar-refractivity contribution in [1.82, 2.24) is 9.97 Å². The van der Waals surface area contributed by atoms with Crippen molar-refractivity contribution in [2.45, 2.75) is 44.9 Å². The lowest BCUT2D eigenvalue weighted by atomic mass is 9.88. The first-order valence-electron chi connectivity index (χ1n) is 12.2. The van der Waals surface area contributed by atoms with Gasteiger partial charge in [-0.05, 0) is 68.4 Å². The van der Waals surface area contributed by atoms with Crippen molar-refractivity contribution in [2.24, 2.45) is 5.92 Å². The number of rotatable bonds is 7. The molecule has 0 amide bonds. The third-order valence-electron chi connectivity index (χ3n) is 6.41. The van der Waals surface area contributed by atoms with Gasteiger partial charge in [-0.1, -0.05) is 37.3 Å². The highest BCUT2D eigenvalue weighted by atomic mass is 32.2. The second-order valence-corrected chi connectivity index (χ2v) is 11.9. The number of anilines is 3. The van der Waals surface area contributed by atoms with E-state index < -0.39 is 16.0 Å². The first-order chi connectivity index (χ1) is 17.8. The zero-order valence-electron chi connectivity index (χ0n) is 20.9. The molecule has 2 N–H and O–H groups in total. The molecule has 37 heavy (non-hydrogen) atoms. The Morgan fingerprint density at radius 2 is 1.76 bits per heavy atom. The van der Waals surface area contributed by atoms with Crippen molar-refractivity contribution in [3.63, 3.8) is 0 Å². The number of aryl methyl sites for hydroxylation is 1. The van der Waals surface area contributed by atoms with Gasteiger partial charge in [0.25, 0.3) is 10.0 Å². The predicted octanol–water partition coefficient (Wildman–Crippen LogP) is 5.85. The molecule has 2 aromatic carbocycles. The number of sulfonamides is 1. The van der Waals surface area contributed by atoms with E-state index >= 15 is 0 Å². The molecule has 1 aliphatic rings. The first kappa shape index (κ1) is 25.2. The van der Waals surface area contributed by atoms with Gasteiger partial charge in [0.05, 0.1) is 28.1 Å². The highest BCUT2D eigenvalue weighted by Gasteiger charge is 2.30. The number of aromatic nitrogens is 2. The third-order valence-corrected chi connectivity index (χ3v) is 9.08. The largest absolute Gasteiger partial charge is 0.462 e. The molecule has 1 atom stereocenters. The third kappa shape index (κ3) is 5.03. The Balaban J connectivity index is 1.62. The average Bonchev–Trinajstić information content (AvgIpc) is 3.21. The van der Waals surface area contributed by atoms with Gasteiger partial charge >= 0.3 is 5.97 Å². The van der Waals surface area contributed by atoms with Crippen LogP contribution in [0.15, 0.2) is 53.4 Å². The Morgan fingerprint density at radius 1 is 1.08 bits per heavy atom. The monoisotopic (exact) mass is 536 g/mol. The lowest BCUT2D eigenvalue weighted by molar-refractivity contribution is 0.0526. The summed E-state index contributed by atoms with van der Waals surface area (Å²) in [5.41, 5.74) is 3.25. The number of nitrogens with one attached hydrogen (secondary N) is 2. The quantitative estimate of drug-likeness (QED) is 0.285. The Hall–Kier alpha value is -3.50. The van der Waals surface area contributed by atoms with Crippen LogP contribution in [0.4, 0.5) is 16.6 Å². The summed E-state index contributed by atoms with van der Waals surface area (Å²) in [4.78, 5) is 23.6. The van der Waals surface area contributed by atoms with Gasteiger partial charge in [-0.25, -0.2) is 23.2 Å². The van der Waals surface area contributed by atoms with E-state index in [0.717, 1.165) is 29.7 Å². The molecule has 5 rings (SSSR count). The number of nitrogens with zero attached hydrogens (tertiary/aromatic N) is 2. The standard InChI is InChI=1S/C27H28N4O4S2/c1-4-35-27(32)23-18-14-13-16(2)15-21(18)36-26(23)30-24-25(29-20-11-7-6-10-19(20)28-24)31-37(33,34)22-12-8-5-9-17(22)3/h5-12,16H,4,13-15H2,1-3H3,(H,28,30)(H,29,31)/t16-/m0/s1. The van der Waals surface area contributed by atoms with Crippen molar-refractivity contribution >= 4 is 55.0 Å². The summed E-state index contributed by atoms with van der Waals surface area (Å²) in [6, 6.07) is 14.0. The van der Waals surface area contributed by atoms with E-state index in [1.54, 1.807) is 50.2 Å². The first-order valence-corrected chi connectivity index (χ1v) is 14.5. The molecular weight excluding hydrogens is 508 g/mol. The van der Waals surface area contributed by atoms with Gasteiger partial charge in [0, 0.05) is 4.88 Å². The van der Waals surface area contributed by atoms with E-state index in [1.165, 1.54) is 11.3 Å². The smallest absolute Gasteiger partial charge is 0.341 e. The Bertz CT molecular complexity index is 1600. The van der Waals surface area contributed by atoms with E-state index in [2.05, 4.69) is 21.9 Å². The summed E-state index contributed by atoms with van der Waals surface area (Å²) in [6.07, 6.45) is 2.66. The number of carbonyl (C=O) groups is 1. The molecular formula is C27H28N4O4S2. The zero-order chi connectivity index (χ0) is 26.2. The lowest BCUT2D eigenvalue weighted by Gasteiger charge is -2.18. The minimum Gasteiger partial charge on any atom is -0.462 e. The molecule has 0 radical (unpaired) electrons. The summed E-state index contributed by atoms with van der Waals surface area (Å²) in [5, 5.41) is 3.83. The van der Waals surface area contributed by atoms with E-state index in [1.807, 2.05) is 12.1 Å². The molecule has 8 nitrogen and oxygen atoms in total. The number of esters is 1. The van der Waals surface area contributed by atoms with Gasteiger partial charge in [0.1, 0.15) is 5.00 Å². The average molecular weight is 537 g/mol. The van der Waals surface area contributed by atoms with Crippen LogP contribution in [-0.4, -0.2) is 31.0 Å². The van der Waals surface area contributed by atoms with Gasteiger partial charge < -0.3 is 10.1 Å². The summed E-state index contributed by atoms with van der Waals surface area (Å²) in [5.74, 6) is 0.392. The minimum atomic E-state index is -3.95. The van der Waals surface area contributed by atoms with E-state index in [4.69, 9.17) is 9.72 Å². The van der Waals surface area contributed by atoms with Crippen molar-refractivity contribution < 1.29 is 17.9 Å². The van der Waals surface area contributed by atoms with Crippen molar-refractivity contribution in [3.8, 4) is 0 Å². The van der Waals surface area contributed by atoms with Crippen LogP contribution >= 0.6 is 11.3 Å². The number of hydrogen-bond donors (Lipinski definition) is 2. The molecule has 0 spiro atoms. The van der Waals surface area contributed by atoms with Crippen LogP contribution in [0.2, 0.25) is 0 Å². The molecule has 0 aliphatic heterocycles. The molecule has 192 valence electrons. The number of hydrogen-bond acceptors (Lipinski definition) is 8. The fourth-order valence-corrected chi connectivity index (χ4v) is 7.22. The van der Waals surface area contributed by atoms with Crippen LogP contribution in [-0.2, 0) is 27.6 Å². The second-order valence-electron chi connectivity index (χ2n) is 9.18. The predicted molar refractivity (Wildman–Crippen MR) is 146 cm³/mol. The van der Waals surface area contributed by atoms with Gasteiger partial charge in [-0.3, -0.25) is 4.72 Å². The number of carbonyl (C=O) groups excluding carboxylic acids is 1. The molecule has 2 aromatic heterocycles. The van der Waals surface area contributed by atoms with Crippen LogP contribution in [0.1, 0.15) is 46.6 Å². The Labute approximate surface area is 220 Å². The molecule has 0 fully saturated rings. The highest BCUT2D eigenvalue weighted by molar-refractivity contribution is 7.92. The number of fused-ring (bicyclic) bond motifs is 2. The number of thiophene rings is 1. The lowest BCUT2D eigenvalue weighted by Crippen LogP contribution is -2.17. The molecule has 0 bridgehead atoms. The molecule has 10 heteroatoms. The van der Waals surface area contributed by atoms with E-state index in [-0.39, 0.29) is 23.1 Å². The van der Waals surface area contributed by atoms with Crippen molar-refractivity contribution in [1.29, 1.82) is 0 Å². The van der Waals surface area contributed by atoms with Crippen LogP contribution in [0.5, 0.6) is 0 Å². The van der Waals surface area contributed by atoms with Crippen LogP contribution in [0.25, 0.3) is 11.0 Å². The summed E-state index contributed by atoms with van der Waals surface area (Å²) in [7, 11) is -3.95. The van der Waals surface area contributed by atoms with Gasteiger partial charge in [0.2, 0.25) is 0 Å². The number of para-hydroxylation sites is 2. The molecule has 0 saturated carbocycles. The molecule has 0 saturated heterocycles. The summed E-state index contributed by atoms with van der Waals surface area (Å²) in [6.45, 7) is 5.98. The molecule has 4 aromatic rings.